The van der Waals surface area contributed by atoms with E-state index in [2.05, 4.69) is 0 Å². The van der Waals surface area contributed by atoms with E-state index in [1.807, 2.05) is 0 Å². The second kappa shape index (κ2) is 2.07. The van der Waals surface area contributed by atoms with E-state index in [1.54, 1.807) is 0 Å². The van der Waals surface area contributed by atoms with Gasteiger partial charge in [0, 0.05) is 19.3 Å². The van der Waals surface area contributed by atoms with Crippen LogP contribution in [0.15, 0.2) is 11.9 Å². The zero-order valence-electron chi connectivity index (χ0n) is 4.48. The van der Waals surface area contributed by atoms with Gasteiger partial charge in [0.25, 0.3) is 0 Å². The molecule has 0 aliphatic heterocycles. The predicted molar refractivity (Wildman–Crippen MR) is 28.0 cm³/mol. The number of carbonyl (C=O) groups excluding carboxylic acids is 1. The molecule has 1 rings (SSSR count). The fourth-order valence-corrected chi connectivity index (χ4v) is 0.688. The van der Waals surface area contributed by atoms with Crippen molar-refractivity contribution < 1.29 is 9.18 Å². The highest BCUT2D eigenvalue weighted by Crippen LogP contribution is 2.14. The van der Waals surface area contributed by atoms with Gasteiger partial charge in [-0.15, -0.1) is 0 Å². The van der Waals surface area contributed by atoms with Gasteiger partial charge in [0.1, 0.15) is 5.78 Å². The summed E-state index contributed by atoms with van der Waals surface area (Å²) >= 11 is 0. The van der Waals surface area contributed by atoms with E-state index >= 15 is 0 Å². The van der Waals surface area contributed by atoms with E-state index in [-0.39, 0.29) is 11.6 Å². The topological polar surface area (TPSA) is 17.1 Å². The summed E-state index contributed by atoms with van der Waals surface area (Å²) in [7, 11) is 0. The van der Waals surface area contributed by atoms with Gasteiger partial charge >= 0.3 is 0 Å². The van der Waals surface area contributed by atoms with Gasteiger partial charge in [-0.1, -0.05) is 0 Å². The Labute approximate surface area is 47.2 Å². The Hall–Kier alpha value is -0.660. The zero-order valence-corrected chi connectivity index (χ0v) is 4.48. The Morgan fingerprint density at radius 1 is 1.50 bits per heavy atom. The van der Waals surface area contributed by atoms with E-state index < -0.39 is 0 Å². The minimum Gasteiger partial charge on any atom is -0.299 e. The van der Waals surface area contributed by atoms with Crippen molar-refractivity contribution in [2.75, 3.05) is 0 Å². The maximum Gasteiger partial charge on any atom is 0.137 e. The Morgan fingerprint density at radius 2 is 2.25 bits per heavy atom. The molecule has 0 bridgehead atoms. The normalized spacial score (nSPS) is 20.6. The van der Waals surface area contributed by atoms with Crippen molar-refractivity contribution in [3.63, 3.8) is 0 Å². The highest BCUT2D eigenvalue weighted by molar-refractivity contribution is 5.81. The van der Waals surface area contributed by atoms with Gasteiger partial charge in [-0.05, 0) is 6.08 Å². The molecule has 0 radical (unpaired) electrons. The molecule has 2 heteroatoms. The molecule has 1 aliphatic rings. The average molecular weight is 114 g/mol. The summed E-state index contributed by atoms with van der Waals surface area (Å²) in [5.41, 5.74) is 0. The monoisotopic (exact) mass is 114 g/mol. The molecular weight excluding hydrogens is 107 g/mol. The Morgan fingerprint density at radius 3 is 2.62 bits per heavy atom. The zero-order chi connectivity index (χ0) is 5.98. The Balaban J connectivity index is 2.55. The molecule has 0 heterocycles. The van der Waals surface area contributed by atoms with Crippen molar-refractivity contribution in [1.29, 1.82) is 0 Å². The number of carbonyl (C=O) groups is 1. The molecular formula is C6H7FO. The van der Waals surface area contributed by atoms with Crippen molar-refractivity contribution in [3.05, 3.63) is 11.9 Å². The summed E-state index contributed by atoms with van der Waals surface area (Å²) in [5, 5.41) is 0. The predicted octanol–water partition coefficient (Wildman–Crippen LogP) is 1.59. The number of Topliss-reactive ketones (excluding diaryl/α,β-unsaturated/α-hetero) is 1. The molecule has 0 unspecified atom stereocenters. The lowest BCUT2D eigenvalue weighted by molar-refractivity contribution is -0.118. The number of rotatable bonds is 0. The third-order valence-corrected chi connectivity index (χ3v) is 1.19. The third-order valence-electron chi connectivity index (χ3n) is 1.19. The average Bonchev–Trinajstić information content (AvgIpc) is 1.77. The van der Waals surface area contributed by atoms with Crippen molar-refractivity contribution in [3.8, 4) is 0 Å². The Kier molecular flexibility index (Phi) is 1.42. The van der Waals surface area contributed by atoms with E-state index in [0.717, 1.165) is 0 Å². The summed E-state index contributed by atoms with van der Waals surface area (Å²) in [4.78, 5) is 10.4. The second-order valence-corrected chi connectivity index (χ2v) is 1.89. The molecule has 0 N–H and O–H groups in total. The fraction of sp³-hybridized carbons (Fsp3) is 0.500. The maximum atomic E-state index is 12.1. The van der Waals surface area contributed by atoms with Crippen LogP contribution in [0, 0.1) is 0 Å². The lowest BCUT2D eigenvalue weighted by Gasteiger charge is -2.01. The van der Waals surface area contributed by atoms with Gasteiger partial charge < -0.3 is 0 Å². The molecule has 0 aromatic heterocycles. The molecule has 0 fully saturated rings. The van der Waals surface area contributed by atoms with Crippen LogP contribution in [0.1, 0.15) is 19.3 Å². The van der Waals surface area contributed by atoms with Crippen LogP contribution in [0.3, 0.4) is 0 Å². The molecule has 0 amide bonds. The molecule has 0 aromatic carbocycles. The van der Waals surface area contributed by atoms with Gasteiger partial charge in [0.15, 0.2) is 0 Å². The van der Waals surface area contributed by atoms with Crippen LogP contribution in [-0.2, 0) is 4.79 Å². The second-order valence-electron chi connectivity index (χ2n) is 1.89. The molecule has 44 valence electrons. The van der Waals surface area contributed by atoms with Crippen LogP contribution in [0.2, 0.25) is 0 Å². The van der Waals surface area contributed by atoms with Crippen molar-refractivity contribution in [2.45, 2.75) is 19.3 Å². The lowest BCUT2D eigenvalue weighted by atomic mass is 10.1. The van der Waals surface area contributed by atoms with Crippen molar-refractivity contribution >= 4 is 5.78 Å². The molecule has 1 nitrogen and oxygen atoms in total. The summed E-state index contributed by atoms with van der Waals surface area (Å²) in [6.07, 6.45) is 2.36. The number of hydrogen-bond acceptors (Lipinski definition) is 1. The van der Waals surface area contributed by atoms with Gasteiger partial charge in [-0.2, -0.15) is 0 Å². The molecule has 0 saturated carbocycles. The maximum absolute atomic E-state index is 12.1. The van der Waals surface area contributed by atoms with Crippen LogP contribution in [0.25, 0.3) is 0 Å². The van der Waals surface area contributed by atoms with Gasteiger partial charge in [-0.3, -0.25) is 4.79 Å². The third kappa shape index (κ3) is 1.15. The summed E-state index contributed by atoms with van der Waals surface area (Å²) < 4.78 is 12.1. The molecule has 0 saturated heterocycles. The van der Waals surface area contributed by atoms with E-state index in [4.69, 9.17) is 0 Å². The van der Waals surface area contributed by atoms with Crippen molar-refractivity contribution in [1.82, 2.24) is 0 Å². The van der Waals surface area contributed by atoms with Crippen LogP contribution >= 0.6 is 0 Å². The smallest absolute Gasteiger partial charge is 0.137 e. The number of halogens is 1. The van der Waals surface area contributed by atoms with Crippen molar-refractivity contribution in [2.24, 2.45) is 0 Å². The first kappa shape index (κ1) is 5.48. The van der Waals surface area contributed by atoms with Gasteiger partial charge in [-0.25, -0.2) is 4.39 Å². The van der Waals surface area contributed by atoms with Crippen LogP contribution in [-0.4, -0.2) is 5.78 Å². The van der Waals surface area contributed by atoms with E-state index in [9.17, 15) is 9.18 Å². The first-order chi connectivity index (χ1) is 3.79. The lowest BCUT2D eigenvalue weighted by Crippen LogP contribution is -2.00. The van der Waals surface area contributed by atoms with Crippen LogP contribution in [0.4, 0.5) is 4.39 Å². The number of hydrogen-bond donors (Lipinski definition) is 0. The Bertz CT molecular complexity index is 137. The fourth-order valence-electron chi connectivity index (χ4n) is 0.688. The van der Waals surface area contributed by atoms with E-state index in [0.29, 0.717) is 19.3 Å². The quantitative estimate of drug-likeness (QED) is 0.467. The highest BCUT2D eigenvalue weighted by Gasteiger charge is 2.08. The SMILES string of the molecule is O=C1CC=C(F)CC1. The largest absolute Gasteiger partial charge is 0.299 e. The van der Waals surface area contributed by atoms with E-state index in [1.165, 1.54) is 6.08 Å². The molecule has 1 aliphatic carbocycles. The number of allylic oxidation sites excluding steroid dienone is 2. The summed E-state index contributed by atoms with van der Waals surface area (Å²) in [5.74, 6) is 0.0102. The molecule has 0 aromatic rings. The minimum atomic E-state index is -0.135. The highest BCUT2D eigenvalue weighted by atomic mass is 19.1. The van der Waals surface area contributed by atoms with Crippen LogP contribution < -0.4 is 0 Å². The number of ketones is 1. The molecule has 0 atom stereocenters. The summed E-state index contributed by atoms with van der Waals surface area (Å²) in [6, 6.07) is 0. The van der Waals surface area contributed by atoms with Gasteiger partial charge in [0.2, 0.25) is 0 Å². The summed E-state index contributed by atoms with van der Waals surface area (Å²) in [6.45, 7) is 0. The minimum absolute atomic E-state index is 0.135. The first-order valence-electron chi connectivity index (χ1n) is 2.65. The first-order valence-corrected chi connectivity index (χ1v) is 2.65. The molecule has 8 heavy (non-hydrogen) atoms. The van der Waals surface area contributed by atoms with Crippen LogP contribution in [0.5, 0.6) is 0 Å². The standard InChI is InChI=1S/C6H7FO/c7-5-1-3-6(8)4-2-5/h1H,2-4H2. The molecule has 0 spiro atoms. The van der Waals surface area contributed by atoms with Gasteiger partial charge in [0.05, 0.1) is 5.83 Å².